The number of carbonyl (C=O) groups excluding carboxylic acids is 2. The van der Waals surface area contributed by atoms with E-state index in [1.165, 1.54) is 36.3 Å². The fourth-order valence-electron chi connectivity index (χ4n) is 2.95. The second-order valence-corrected chi connectivity index (χ2v) is 6.09. The van der Waals surface area contributed by atoms with E-state index in [4.69, 9.17) is 9.47 Å². The molecule has 0 saturated carbocycles. The number of halogens is 1. The van der Waals surface area contributed by atoms with E-state index in [1.54, 1.807) is 19.1 Å². The van der Waals surface area contributed by atoms with E-state index < -0.39 is 18.5 Å². The Balaban J connectivity index is 1.75. The molecule has 3 aromatic carbocycles. The molecule has 6 heteroatoms. The lowest BCUT2D eigenvalue weighted by Crippen LogP contribution is -2.34. The molecule has 0 spiro atoms. The molecule has 5 nitrogen and oxygen atoms in total. The normalized spacial score (nSPS) is 10.5. The summed E-state index contributed by atoms with van der Waals surface area (Å²) in [6, 6.07) is 16.6. The zero-order valence-electron chi connectivity index (χ0n) is 15.6. The van der Waals surface area contributed by atoms with Gasteiger partial charge in [0, 0.05) is 12.2 Å². The first-order valence-electron chi connectivity index (χ1n) is 8.83. The van der Waals surface area contributed by atoms with Gasteiger partial charge in [0.25, 0.3) is 5.91 Å². The molecule has 0 radical (unpaired) electrons. The number of amides is 1. The molecular formula is C22H20FNO4. The second-order valence-electron chi connectivity index (χ2n) is 6.09. The van der Waals surface area contributed by atoms with Gasteiger partial charge in [-0.3, -0.25) is 4.79 Å². The lowest BCUT2D eigenvalue weighted by atomic mass is 10.1. The standard InChI is InChI=1S/C22H20FNO4/c1-3-24(18-10-8-17(23)9-11-18)21(25)14-28-22(26)19-12-15-6-4-5-7-16(15)13-20(19)27-2/h4-13H,3,14H2,1-2H3. The maximum Gasteiger partial charge on any atom is 0.342 e. The van der Waals surface area contributed by atoms with Gasteiger partial charge >= 0.3 is 5.97 Å². The molecule has 0 bridgehead atoms. The minimum absolute atomic E-state index is 0.249. The molecule has 0 unspecified atom stereocenters. The van der Waals surface area contributed by atoms with E-state index in [2.05, 4.69) is 0 Å². The average molecular weight is 381 g/mol. The minimum Gasteiger partial charge on any atom is -0.496 e. The predicted octanol–water partition coefficient (Wildman–Crippen LogP) is 4.20. The van der Waals surface area contributed by atoms with E-state index in [9.17, 15) is 14.0 Å². The Kier molecular flexibility index (Phi) is 5.89. The lowest BCUT2D eigenvalue weighted by molar-refractivity contribution is -0.121. The molecule has 0 aliphatic carbocycles. The molecule has 0 atom stereocenters. The highest BCUT2D eigenvalue weighted by Gasteiger charge is 2.19. The van der Waals surface area contributed by atoms with Crippen LogP contribution in [0.3, 0.4) is 0 Å². The summed E-state index contributed by atoms with van der Waals surface area (Å²) in [5, 5.41) is 1.79. The Hall–Kier alpha value is -3.41. The van der Waals surface area contributed by atoms with Crippen molar-refractivity contribution in [2.45, 2.75) is 6.92 Å². The Labute approximate surface area is 162 Å². The number of benzene rings is 3. The Bertz CT molecular complexity index is 1000. The van der Waals surface area contributed by atoms with E-state index in [1.807, 2.05) is 24.3 Å². The van der Waals surface area contributed by atoms with Gasteiger partial charge in [0.05, 0.1) is 7.11 Å². The van der Waals surface area contributed by atoms with Crippen LogP contribution in [-0.2, 0) is 9.53 Å². The fraction of sp³-hybridized carbons (Fsp3) is 0.182. The van der Waals surface area contributed by atoms with Crippen LogP contribution in [-0.4, -0.2) is 32.1 Å². The molecular weight excluding hydrogens is 361 g/mol. The third kappa shape index (κ3) is 4.11. The highest BCUT2D eigenvalue weighted by atomic mass is 19.1. The molecule has 0 aliphatic heterocycles. The van der Waals surface area contributed by atoms with Crippen molar-refractivity contribution in [2.24, 2.45) is 0 Å². The van der Waals surface area contributed by atoms with Crippen molar-refractivity contribution >= 4 is 28.3 Å². The van der Waals surface area contributed by atoms with E-state index >= 15 is 0 Å². The van der Waals surface area contributed by atoms with Crippen molar-refractivity contribution in [3.05, 3.63) is 72.0 Å². The molecule has 28 heavy (non-hydrogen) atoms. The molecule has 0 N–H and O–H groups in total. The topological polar surface area (TPSA) is 55.8 Å². The van der Waals surface area contributed by atoms with Crippen LogP contribution in [0.15, 0.2) is 60.7 Å². The Morgan fingerprint density at radius 3 is 2.25 bits per heavy atom. The van der Waals surface area contributed by atoms with Crippen molar-refractivity contribution in [3.63, 3.8) is 0 Å². The van der Waals surface area contributed by atoms with Gasteiger partial charge in [-0.2, -0.15) is 0 Å². The zero-order chi connectivity index (χ0) is 20.1. The van der Waals surface area contributed by atoms with Gasteiger partial charge in [-0.05, 0) is 54.1 Å². The summed E-state index contributed by atoms with van der Waals surface area (Å²) in [5.41, 5.74) is 0.784. The summed E-state index contributed by atoms with van der Waals surface area (Å²) in [5.74, 6) is -1.06. The highest BCUT2D eigenvalue weighted by molar-refractivity contribution is 6.01. The van der Waals surface area contributed by atoms with Crippen molar-refractivity contribution in [2.75, 3.05) is 25.2 Å². The van der Waals surface area contributed by atoms with Crippen LogP contribution < -0.4 is 9.64 Å². The maximum absolute atomic E-state index is 13.1. The van der Waals surface area contributed by atoms with Crippen LogP contribution in [0.2, 0.25) is 0 Å². The third-order valence-electron chi connectivity index (χ3n) is 4.37. The van der Waals surface area contributed by atoms with Gasteiger partial charge in [0.15, 0.2) is 6.61 Å². The van der Waals surface area contributed by atoms with Crippen LogP contribution in [0.1, 0.15) is 17.3 Å². The molecule has 3 rings (SSSR count). The van der Waals surface area contributed by atoms with Gasteiger partial charge in [-0.15, -0.1) is 0 Å². The van der Waals surface area contributed by atoms with Gasteiger partial charge in [0.2, 0.25) is 0 Å². The van der Waals surface area contributed by atoms with Crippen LogP contribution >= 0.6 is 0 Å². The number of nitrogens with zero attached hydrogens (tertiary/aromatic N) is 1. The summed E-state index contributed by atoms with van der Waals surface area (Å²) in [4.78, 5) is 26.4. The maximum atomic E-state index is 13.1. The summed E-state index contributed by atoms with van der Waals surface area (Å²) < 4.78 is 23.6. The summed E-state index contributed by atoms with van der Waals surface area (Å²) in [7, 11) is 1.47. The number of rotatable bonds is 6. The number of likely N-dealkylation sites (N-methyl/N-ethyl adjacent to an activating group) is 1. The van der Waals surface area contributed by atoms with Crippen molar-refractivity contribution in [3.8, 4) is 5.75 Å². The first kappa shape index (κ1) is 19.4. The van der Waals surface area contributed by atoms with E-state index in [-0.39, 0.29) is 11.4 Å². The van der Waals surface area contributed by atoms with Crippen LogP contribution in [0.5, 0.6) is 5.75 Å². The Morgan fingerprint density at radius 2 is 1.64 bits per heavy atom. The van der Waals surface area contributed by atoms with Crippen molar-refractivity contribution < 1.29 is 23.5 Å². The first-order chi connectivity index (χ1) is 13.5. The smallest absolute Gasteiger partial charge is 0.342 e. The number of anilines is 1. The quantitative estimate of drug-likeness (QED) is 0.601. The van der Waals surface area contributed by atoms with E-state index in [0.717, 1.165) is 10.8 Å². The van der Waals surface area contributed by atoms with Gasteiger partial charge in [-0.25, -0.2) is 9.18 Å². The number of carbonyl (C=O) groups is 2. The van der Waals surface area contributed by atoms with Crippen LogP contribution in [0, 0.1) is 5.82 Å². The van der Waals surface area contributed by atoms with Gasteiger partial charge < -0.3 is 14.4 Å². The number of hydrogen-bond acceptors (Lipinski definition) is 4. The van der Waals surface area contributed by atoms with Crippen molar-refractivity contribution in [1.82, 2.24) is 0 Å². The molecule has 3 aromatic rings. The van der Waals surface area contributed by atoms with Gasteiger partial charge in [0.1, 0.15) is 17.1 Å². The monoisotopic (exact) mass is 381 g/mol. The highest BCUT2D eigenvalue weighted by Crippen LogP contribution is 2.26. The SMILES string of the molecule is CCN(C(=O)COC(=O)c1cc2ccccc2cc1OC)c1ccc(F)cc1. The zero-order valence-corrected chi connectivity index (χ0v) is 15.6. The van der Waals surface area contributed by atoms with Crippen LogP contribution in [0.25, 0.3) is 10.8 Å². The molecule has 1 amide bonds. The number of ether oxygens (including phenoxy) is 2. The third-order valence-corrected chi connectivity index (χ3v) is 4.37. The fourth-order valence-corrected chi connectivity index (χ4v) is 2.95. The minimum atomic E-state index is -0.647. The van der Waals surface area contributed by atoms with Crippen molar-refractivity contribution in [1.29, 1.82) is 0 Å². The average Bonchev–Trinajstić information content (AvgIpc) is 2.72. The molecule has 0 aliphatic rings. The van der Waals surface area contributed by atoms with Gasteiger partial charge in [-0.1, -0.05) is 24.3 Å². The predicted molar refractivity (Wildman–Crippen MR) is 105 cm³/mol. The molecule has 0 saturated heterocycles. The Morgan fingerprint density at radius 1 is 1.00 bits per heavy atom. The second kappa shape index (κ2) is 8.52. The molecule has 0 aromatic heterocycles. The lowest BCUT2D eigenvalue weighted by Gasteiger charge is -2.21. The van der Waals surface area contributed by atoms with Crippen LogP contribution in [0.4, 0.5) is 10.1 Å². The summed E-state index contributed by atoms with van der Waals surface area (Å²) in [6.45, 7) is 1.72. The molecule has 0 fully saturated rings. The summed E-state index contributed by atoms with van der Waals surface area (Å²) in [6.07, 6.45) is 0. The molecule has 0 heterocycles. The molecule has 144 valence electrons. The number of fused-ring (bicyclic) bond motifs is 1. The van der Waals surface area contributed by atoms with E-state index in [0.29, 0.717) is 18.0 Å². The number of methoxy groups -OCH3 is 1. The first-order valence-corrected chi connectivity index (χ1v) is 8.83. The number of esters is 1. The largest absolute Gasteiger partial charge is 0.496 e. The summed E-state index contributed by atoms with van der Waals surface area (Å²) >= 11 is 0. The number of hydrogen-bond donors (Lipinski definition) is 0.